The van der Waals surface area contributed by atoms with Crippen molar-refractivity contribution in [1.29, 1.82) is 0 Å². The number of phenolic OH excluding ortho intramolecular Hbond substituents is 1. The fraction of sp³-hybridized carbons (Fsp3) is 0.240. The van der Waals surface area contributed by atoms with Gasteiger partial charge in [0.1, 0.15) is 5.75 Å². The van der Waals surface area contributed by atoms with Crippen molar-refractivity contribution in [2.75, 3.05) is 11.1 Å². The fourth-order valence-electron chi connectivity index (χ4n) is 3.53. The fourth-order valence-corrected chi connectivity index (χ4v) is 3.53. The van der Waals surface area contributed by atoms with Crippen LogP contribution in [0.15, 0.2) is 72.8 Å². The molecule has 0 fully saturated rings. The summed E-state index contributed by atoms with van der Waals surface area (Å²) in [7, 11) is 0. The first-order chi connectivity index (χ1) is 14.3. The Labute approximate surface area is 176 Å². The molecule has 0 bridgehead atoms. The van der Waals surface area contributed by atoms with Gasteiger partial charge in [-0.25, -0.2) is 0 Å². The molecule has 0 radical (unpaired) electrons. The molecule has 0 aliphatic carbocycles. The molecule has 0 aliphatic rings. The van der Waals surface area contributed by atoms with E-state index in [4.69, 9.17) is 5.73 Å². The van der Waals surface area contributed by atoms with Crippen molar-refractivity contribution in [1.82, 2.24) is 0 Å². The summed E-state index contributed by atoms with van der Waals surface area (Å²) >= 11 is 0. The summed E-state index contributed by atoms with van der Waals surface area (Å²) in [5, 5.41) is 25.5. The Kier molecular flexibility index (Phi) is 6.43. The average molecular weight is 405 g/mol. The molecule has 5 N–H and O–H groups in total. The molecule has 0 saturated carbocycles. The molecule has 0 heterocycles. The molecule has 0 spiro atoms. The van der Waals surface area contributed by atoms with E-state index in [9.17, 15) is 15.0 Å². The van der Waals surface area contributed by atoms with Crippen LogP contribution in [0.25, 0.3) is 10.8 Å². The van der Waals surface area contributed by atoms with Crippen molar-refractivity contribution in [3.63, 3.8) is 0 Å². The van der Waals surface area contributed by atoms with Crippen LogP contribution in [0.2, 0.25) is 0 Å². The maximum atomic E-state index is 12.1. The number of nitrogens with two attached hydrogens (primary N) is 1. The van der Waals surface area contributed by atoms with Gasteiger partial charge in [0.2, 0.25) is 5.91 Å². The van der Waals surface area contributed by atoms with Crippen LogP contribution >= 0.6 is 0 Å². The van der Waals surface area contributed by atoms with Gasteiger partial charge in [-0.05, 0) is 53.5 Å². The lowest BCUT2D eigenvalue weighted by Crippen LogP contribution is -2.22. The number of aliphatic hydroxyl groups excluding tert-OH is 1. The van der Waals surface area contributed by atoms with Gasteiger partial charge in [0.25, 0.3) is 0 Å². The van der Waals surface area contributed by atoms with E-state index in [0.29, 0.717) is 24.2 Å². The minimum atomic E-state index is -0.714. The zero-order valence-electron chi connectivity index (χ0n) is 17.3. The number of aromatic hydroxyl groups is 1. The molecule has 1 amide bonds. The zero-order valence-corrected chi connectivity index (χ0v) is 17.3. The number of carbonyl (C=O) groups excluding carboxylic acids is 1. The third-order valence-electron chi connectivity index (χ3n) is 5.41. The molecule has 0 unspecified atom stereocenters. The molecule has 3 rings (SSSR count). The SMILES string of the molecule is CC(C)(CC/C=C/C(=O)Nc1ccccc1N)[C@@H](O)c1ccc(O)c2ccccc12. The lowest BCUT2D eigenvalue weighted by Gasteiger charge is -2.31. The molecule has 5 heteroatoms. The number of phenols is 1. The van der Waals surface area contributed by atoms with E-state index in [1.54, 1.807) is 30.3 Å². The number of nitrogen functional groups attached to an aromatic ring is 1. The van der Waals surface area contributed by atoms with Crippen LogP contribution in [0.4, 0.5) is 11.4 Å². The number of amides is 1. The summed E-state index contributed by atoms with van der Waals surface area (Å²) in [6, 6.07) is 18.0. The van der Waals surface area contributed by atoms with E-state index in [0.717, 1.165) is 16.3 Å². The first kappa shape index (κ1) is 21.4. The van der Waals surface area contributed by atoms with Gasteiger partial charge in [-0.3, -0.25) is 4.79 Å². The highest BCUT2D eigenvalue weighted by Gasteiger charge is 2.29. The quantitative estimate of drug-likeness (QED) is 0.323. The van der Waals surface area contributed by atoms with Crippen LogP contribution in [0.5, 0.6) is 5.75 Å². The van der Waals surface area contributed by atoms with Gasteiger partial charge in [-0.1, -0.05) is 62.4 Å². The Morgan fingerprint density at radius 1 is 1.07 bits per heavy atom. The second-order valence-corrected chi connectivity index (χ2v) is 8.13. The number of rotatable bonds is 7. The Morgan fingerprint density at radius 2 is 1.73 bits per heavy atom. The van der Waals surface area contributed by atoms with Crippen LogP contribution in [0, 0.1) is 5.41 Å². The van der Waals surface area contributed by atoms with Gasteiger partial charge in [-0.2, -0.15) is 0 Å². The Balaban J connectivity index is 1.64. The molecule has 1 atom stereocenters. The van der Waals surface area contributed by atoms with Crippen molar-refractivity contribution in [2.24, 2.45) is 5.41 Å². The molecule has 0 aromatic heterocycles. The second kappa shape index (κ2) is 9.01. The van der Waals surface area contributed by atoms with Crippen LogP contribution in [0.1, 0.15) is 38.4 Å². The summed E-state index contributed by atoms with van der Waals surface area (Å²) in [5.74, 6) is -0.0388. The summed E-state index contributed by atoms with van der Waals surface area (Å²) in [6.07, 6.45) is 3.90. The summed E-state index contributed by atoms with van der Waals surface area (Å²) in [5.41, 5.74) is 7.30. The average Bonchev–Trinajstić information content (AvgIpc) is 2.73. The van der Waals surface area contributed by atoms with E-state index in [-0.39, 0.29) is 11.7 Å². The highest BCUT2D eigenvalue weighted by molar-refractivity contribution is 6.01. The maximum Gasteiger partial charge on any atom is 0.248 e. The molecule has 0 saturated heterocycles. The third-order valence-corrected chi connectivity index (χ3v) is 5.41. The molecule has 5 nitrogen and oxygen atoms in total. The number of aliphatic hydroxyl groups is 1. The van der Waals surface area contributed by atoms with Crippen molar-refractivity contribution >= 4 is 28.1 Å². The molecule has 3 aromatic rings. The second-order valence-electron chi connectivity index (χ2n) is 8.13. The summed E-state index contributed by atoms with van der Waals surface area (Å²) in [6.45, 7) is 4.00. The largest absolute Gasteiger partial charge is 0.507 e. The van der Waals surface area contributed by atoms with Crippen LogP contribution in [0.3, 0.4) is 0 Å². The number of hydrogen-bond acceptors (Lipinski definition) is 4. The Morgan fingerprint density at radius 3 is 2.47 bits per heavy atom. The molecule has 0 aliphatic heterocycles. The standard InChI is InChI=1S/C25H28N2O3/c1-25(2,16-8-7-13-23(29)27-21-12-6-5-11-20(21)26)24(30)19-14-15-22(28)18-10-4-3-9-17(18)19/h3-7,9-15,24,28,30H,8,16,26H2,1-2H3,(H,27,29)/b13-7+/t24-/m0/s1. The smallest absolute Gasteiger partial charge is 0.248 e. The number of benzene rings is 3. The Bertz CT molecular complexity index is 1070. The highest BCUT2D eigenvalue weighted by Crippen LogP contribution is 2.41. The van der Waals surface area contributed by atoms with Crippen LogP contribution in [-0.2, 0) is 4.79 Å². The molecular formula is C25H28N2O3. The summed E-state index contributed by atoms with van der Waals surface area (Å²) in [4.78, 5) is 12.1. The van der Waals surface area contributed by atoms with Crippen LogP contribution in [-0.4, -0.2) is 16.1 Å². The molecule has 3 aromatic carbocycles. The monoisotopic (exact) mass is 404 g/mol. The predicted octanol–water partition coefficient (Wildman–Crippen LogP) is 5.16. The third kappa shape index (κ3) is 4.81. The Hall–Kier alpha value is -3.31. The van der Waals surface area contributed by atoms with Gasteiger partial charge < -0.3 is 21.3 Å². The number of hydrogen-bond donors (Lipinski definition) is 4. The zero-order chi connectivity index (χ0) is 21.7. The van der Waals surface area contributed by atoms with E-state index < -0.39 is 11.5 Å². The first-order valence-corrected chi connectivity index (χ1v) is 10.0. The van der Waals surface area contributed by atoms with Crippen molar-refractivity contribution in [3.8, 4) is 5.75 Å². The lowest BCUT2D eigenvalue weighted by atomic mass is 9.77. The van der Waals surface area contributed by atoms with Crippen LogP contribution < -0.4 is 11.1 Å². The minimum Gasteiger partial charge on any atom is -0.507 e. The van der Waals surface area contributed by atoms with Crippen molar-refractivity contribution < 1.29 is 15.0 Å². The van der Waals surface area contributed by atoms with E-state index >= 15 is 0 Å². The number of anilines is 2. The number of para-hydroxylation sites is 2. The molecule has 30 heavy (non-hydrogen) atoms. The topological polar surface area (TPSA) is 95.6 Å². The van der Waals surface area contributed by atoms with Gasteiger partial charge in [0, 0.05) is 5.39 Å². The summed E-state index contributed by atoms with van der Waals surface area (Å²) < 4.78 is 0. The van der Waals surface area contributed by atoms with E-state index in [1.807, 2.05) is 50.2 Å². The van der Waals surface area contributed by atoms with Crippen molar-refractivity contribution in [2.45, 2.75) is 32.8 Å². The van der Waals surface area contributed by atoms with Gasteiger partial charge in [0.15, 0.2) is 0 Å². The highest BCUT2D eigenvalue weighted by atomic mass is 16.3. The lowest BCUT2D eigenvalue weighted by molar-refractivity contribution is -0.111. The van der Waals surface area contributed by atoms with Gasteiger partial charge in [-0.15, -0.1) is 0 Å². The van der Waals surface area contributed by atoms with E-state index in [2.05, 4.69) is 5.32 Å². The van der Waals surface area contributed by atoms with Crippen molar-refractivity contribution in [3.05, 3.63) is 78.4 Å². The maximum absolute atomic E-state index is 12.1. The number of carbonyl (C=O) groups is 1. The minimum absolute atomic E-state index is 0.201. The normalized spacial score (nSPS) is 12.9. The van der Waals surface area contributed by atoms with Gasteiger partial charge >= 0.3 is 0 Å². The van der Waals surface area contributed by atoms with E-state index in [1.165, 1.54) is 6.08 Å². The first-order valence-electron chi connectivity index (χ1n) is 10.0. The number of fused-ring (bicyclic) bond motifs is 1. The molecular weight excluding hydrogens is 376 g/mol. The number of nitrogens with one attached hydrogen (secondary N) is 1. The van der Waals surface area contributed by atoms with Gasteiger partial charge in [0.05, 0.1) is 17.5 Å². The number of allylic oxidation sites excluding steroid dienone is 1. The molecule has 156 valence electrons. The predicted molar refractivity (Wildman–Crippen MR) is 122 cm³/mol.